The third-order valence-electron chi connectivity index (χ3n) is 3.26. The molecule has 1 amide bonds. The van der Waals surface area contributed by atoms with Gasteiger partial charge in [-0.25, -0.2) is 8.42 Å². The summed E-state index contributed by atoms with van der Waals surface area (Å²) in [5.74, 6) is -0.958. The Morgan fingerprint density at radius 1 is 1.11 bits per heavy atom. The average Bonchev–Trinajstić information content (AvgIpc) is 3.07. The van der Waals surface area contributed by atoms with E-state index in [0.29, 0.717) is 15.5 Å². The van der Waals surface area contributed by atoms with Crippen LogP contribution in [0.5, 0.6) is 0 Å². The number of hydrogen-bond acceptors (Lipinski definition) is 6. The van der Waals surface area contributed by atoms with Crippen molar-refractivity contribution < 1.29 is 22.7 Å². The van der Waals surface area contributed by atoms with Crippen molar-refractivity contribution >= 4 is 44.8 Å². The Labute approximate surface area is 173 Å². The number of nitrogens with one attached hydrogen (secondary N) is 2. The van der Waals surface area contributed by atoms with Gasteiger partial charge in [0.2, 0.25) is 0 Å². The quantitative estimate of drug-likeness (QED) is 0.639. The summed E-state index contributed by atoms with van der Waals surface area (Å²) in [7, 11) is -3.85. The largest absolute Gasteiger partial charge is 0.459 e. The molecule has 1 aromatic heterocycles. The van der Waals surface area contributed by atoms with Crippen molar-refractivity contribution in [3.8, 4) is 0 Å². The Morgan fingerprint density at radius 3 is 2.36 bits per heavy atom. The number of halogens is 1. The van der Waals surface area contributed by atoms with E-state index in [4.69, 9.17) is 16.3 Å². The molecule has 2 aromatic rings. The standard InChI is InChI=1S/C18H21ClN2O5S2/c1-18(2,3)26-15(22)11-21-28(24,25)16-9-8-14(27-16)10-20-17(23)12-4-6-13(19)7-5-12/h4-9,21H,10-11H2,1-3H3,(H,20,23). The Balaban J connectivity index is 1.92. The lowest BCUT2D eigenvalue weighted by Gasteiger charge is -2.19. The van der Waals surface area contributed by atoms with Gasteiger partial charge in [0.1, 0.15) is 16.4 Å². The van der Waals surface area contributed by atoms with E-state index in [2.05, 4.69) is 10.0 Å². The monoisotopic (exact) mass is 444 g/mol. The molecule has 0 bridgehead atoms. The van der Waals surface area contributed by atoms with Gasteiger partial charge in [-0.3, -0.25) is 9.59 Å². The molecule has 0 fully saturated rings. The summed E-state index contributed by atoms with van der Waals surface area (Å²) in [5.41, 5.74) is -0.242. The highest BCUT2D eigenvalue weighted by Gasteiger charge is 2.21. The summed E-state index contributed by atoms with van der Waals surface area (Å²) < 4.78 is 31.9. The van der Waals surface area contributed by atoms with Crippen molar-refractivity contribution in [2.75, 3.05) is 6.54 Å². The van der Waals surface area contributed by atoms with Crippen molar-refractivity contribution in [2.24, 2.45) is 0 Å². The fraction of sp³-hybridized carbons (Fsp3) is 0.333. The number of carbonyl (C=O) groups is 2. The van der Waals surface area contributed by atoms with Crippen LogP contribution < -0.4 is 10.0 Å². The van der Waals surface area contributed by atoms with Crippen molar-refractivity contribution in [1.29, 1.82) is 0 Å². The maximum atomic E-state index is 12.3. The highest BCUT2D eigenvalue weighted by atomic mass is 35.5. The van der Waals surface area contributed by atoms with Gasteiger partial charge in [-0.15, -0.1) is 11.3 Å². The molecule has 152 valence electrons. The molecule has 0 aliphatic rings. The van der Waals surface area contributed by atoms with E-state index in [1.165, 1.54) is 6.07 Å². The minimum absolute atomic E-state index is 0.0480. The summed E-state index contributed by atoms with van der Waals surface area (Å²) in [6.07, 6.45) is 0. The minimum Gasteiger partial charge on any atom is -0.459 e. The Morgan fingerprint density at radius 2 is 1.75 bits per heavy atom. The lowest BCUT2D eigenvalue weighted by molar-refractivity contribution is -0.153. The second-order valence-electron chi connectivity index (χ2n) is 6.82. The lowest BCUT2D eigenvalue weighted by atomic mass is 10.2. The van der Waals surface area contributed by atoms with Gasteiger partial charge in [0.15, 0.2) is 0 Å². The van der Waals surface area contributed by atoms with Crippen molar-refractivity contribution in [3.05, 3.63) is 51.9 Å². The minimum atomic E-state index is -3.85. The Kier molecular flexibility index (Phi) is 7.22. The molecule has 0 unspecified atom stereocenters. The van der Waals surface area contributed by atoms with Crippen molar-refractivity contribution in [2.45, 2.75) is 37.1 Å². The van der Waals surface area contributed by atoms with Gasteiger partial charge < -0.3 is 10.1 Å². The molecule has 1 aromatic carbocycles. The van der Waals surface area contributed by atoms with Crippen LogP contribution in [0, 0.1) is 0 Å². The molecular formula is C18H21ClN2O5S2. The zero-order chi connectivity index (χ0) is 20.9. The zero-order valence-corrected chi connectivity index (χ0v) is 18.0. The number of ether oxygens (including phenoxy) is 1. The second kappa shape index (κ2) is 9.04. The van der Waals surface area contributed by atoms with Crippen LogP contribution >= 0.6 is 22.9 Å². The normalized spacial score (nSPS) is 11.9. The number of thiophene rings is 1. The molecule has 0 atom stereocenters. The van der Waals surface area contributed by atoms with Gasteiger partial charge in [-0.2, -0.15) is 4.72 Å². The van der Waals surface area contributed by atoms with E-state index in [1.807, 2.05) is 0 Å². The van der Waals surface area contributed by atoms with Crippen LogP contribution in [0.15, 0.2) is 40.6 Å². The Bertz CT molecular complexity index is 947. The van der Waals surface area contributed by atoms with Gasteiger partial charge in [-0.1, -0.05) is 11.6 Å². The first-order chi connectivity index (χ1) is 13.0. The fourth-order valence-electron chi connectivity index (χ4n) is 2.07. The number of amides is 1. The van der Waals surface area contributed by atoms with Crippen molar-refractivity contribution in [3.63, 3.8) is 0 Å². The molecule has 28 heavy (non-hydrogen) atoms. The fourth-order valence-corrected chi connectivity index (χ4v) is 4.51. The molecular weight excluding hydrogens is 424 g/mol. The number of benzene rings is 1. The molecule has 0 aliphatic heterocycles. The molecule has 0 radical (unpaired) electrons. The van der Waals surface area contributed by atoms with Gasteiger partial charge in [0.25, 0.3) is 15.9 Å². The topological polar surface area (TPSA) is 102 Å². The van der Waals surface area contributed by atoms with Crippen LogP contribution in [-0.4, -0.2) is 32.4 Å². The molecule has 2 rings (SSSR count). The molecule has 0 spiro atoms. The number of carbonyl (C=O) groups excluding carboxylic acids is 2. The molecule has 10 heteroatoms. The molecule has 0 saturated heterocycles. The number of rotatable bonds is 7. The molecule has 7 nitrogen and oxygen atoms in total. The van der Waals surface area contributed by atoms with Gasteiger partial charge >= 0.3 is 5.97 Å². The summed E-state index contributed by atoms with van der Waals surface area (Å²) in [5, 5.41) is 3.25. The highest BCUT2D eigenvalue weighted by Crippen LogP contribution is 2.21. The first kappa shape index (κ1) is 22.4. The summed E-state index contributed by atoms with van der Waals surface area (Å²) in [4.78, 5) is 24.4. The SMILES string of the molecule is CC(C)(C)OC(=O)CNS(=O)(=O)c1ccc(CNC(=O)c2ccc(Cl)cc2)s1. The smallest absolute Gasteiger partial charge is 0.321 e. The van der Waals surface area contributed by atoms with Gasteiger partial charge in [0.05, 0.1) is 6.54 Å². The Hall–Kier alpha value is -1.94. The maximum absolute atomic E-state index is 12.3. The van der Waals surface area contributed by atoms with Crippen LogP contribution in [-0.2, 0) is 26.1 Å². The van der Waals surface area contributed by atoms with E-state index in [1.54, 1.807) is 51.1 Å². The first-order valence-electron chi connectivity index (χ1n) is 8.30. The molecule has 2 N–H and O–H groups in total. The molecule has 1 heterocycles. The predicted molar refractivity (Wildman–Crippen MR) is 108 cm³/mol. The van der Waals surface area contributed by atoms with Crippen LogP contribution in [0.3, 0.4) is 0 Å². The van der Waals surface area contributed by atoms with E-state index in [-0.39, 0.29) is 16.7 Å². The summed E-state index contributed by atoms with van der Waals surface area (Å²) in [6, 6.07) is 9.46. The van der Waals surface area contributed by atoms with Gasteiger partial charge in [0, 0.05) is 15.5 Å². The van der Waals surface area contributed by atoms with Crippen molar-refractivity contribution in [1.82, 2.24) is 10.0 Å². The van der Waals surface area contributed by atoms with E-state index < -0.39 is 28.1 Å². The summed E-state index contributed by atoms with van der Waals surface area (Å²) in [6.45, 7) is 4.81. The number of esters is 1. The van der Waals surface area contributed by atoms with Crippen LogP contribution in [0.1, 0.15) is 36.0 Å². The third-order valence-corrected chi connectivity index (χ3v) is 6.49. The van der Waals surface area contributed by atoms with Crippen LogP contribution in [0.25, 0.3) is 0 Å². The first-order valence-corrected chi connectivity index (χ1v) is 11.0. The van der Waals surface area contributed by atoms with E-state index in [9.17, 15) is 18.0 Å². The highest BCUT2D eigenvalue weighted by molar-refractivity contribution is 7.91. The molecule has 0 saturated carbocycles. The average molecular weight is 445 g/mol. The van der Waals surface area contributed by atoms with Crippen LogP contribution in [0.2, 0.25) is 5.02 Å². The number of hydrogen-bond donors (Lipinski definition) is 2. The number of sulfonamides is 1. The predicted octanol–water partition coefficient (Wildman–Crippen LogP) is 2.95. The van der Waals surface area contributed by atoms with Gasteiger partial charge in [-0.05, 0) is 57.2 Å². The zero-order valence-electron chi connectivity index (χ0n) is 15.6. The van der Waals surface area contributed by atoms with Crippen LogP contribution in [0.4, 0.5) is 0 Å². The van der Waals surface area contributed by atoms with E-state index >= 15 is 0 Å². The second-order valence-corrected chi connectivity index (χ2v) is 10.4. The molecule has 0 aliphatic carbocycles. The third kappa shape index (κ3) is 6.90. The lowest BCUT2D eigenvalue weighted by Crippen LogP contribution is -2.34. The maximum Gasteiger partial charge on any atom is 0.321 e. The van der Waals surface area contributed by atoms with E-state index in [0.717, 1.165) is 11.3 Å². The summed E-state index contributed by atoms with van der Waals surface area (Å²) >= 11 is 6.80.